The van der Waals surface area contributed by atoms with Crippen LogP contribution in [0.2, 0.25) is 0 Å². The Bertz CT molecular complexity index is 633. The molecule has 2 rings (SSSR count). The van der Waals surface area contributed by atoms with E-state index in [4.69, 9.17) is 10.3 Å². The van der Waals surface area contributed by atoms with E-state index in [0.29, 0.717) is 18.3 Å². The third kappa shape index (κ3) is 5.04. The number of nitrogens with one attached hydrogen (secondary N) is 1. The van der Waals surface area contributed by atoms with Gasteiger partial charge in [0, 0.05) is 12.1 Å². The molecule has 0 saturated heterocycles. The third-order valence-electron chi connectivity index (χ3n) is 4.04. The Morgan fingerprint density at radius 2 is 1.96 bits per heavy atom. The van der Waals surface area contributed by atoms with Gasteiger partial charge in [-0.25, -0.2) is 0 Å². The van der Waals surface area contributed by atoms with E-state index < -0.39 is 6.04 Å². The van der Waals surface area contributed by atoms with E-state index in [0.717, 1.165) is 12.0 Å². The number of nitrogens with zero attached hydrogens (tertiary/aromatic N) is 2. The number of halogens is 1. The van der Waals surface area contributed by atoms with Crippen molar-refractivity contribution in [1.29, 1.82) is 0 Å². The summed E-state index contributed by atoms with van der Waals surface area (Å²) in [5.74, 6) is 0.983. The second-order valence-electron chi connectivity index (χ2n) is 5.88. The molecule has 132 valence electrons. The number of nitrogens with two attached hydrogens (primary N) is 1. The molecule has 6 nitrogen and oxygen atoms in total. The average Bonchev–Trinajstić information content (AvgIpc) is 3.08. The van der Waals surface area contributed by atoms with Crippen molar-refractivity contribution in [3.63, 3.8) is 0 Å². The van der Waals surface area contributed by atoms with Gasteiger partial charge in [-0.3, -0.25) is 4.79 Å². The largest absolute Gasteiger partial charge is 0.354 e. The maximum Gasteiger partial charge on any atom is 0.237 e. The first-order valence-corrected chi connectivity index (χ1v) is 7.95. The minimum Gasteiger partial charge on any atom is -0.354 e. The monoisotopic (exact) mass is 352 g/mol. The summed E-state index contributed by atoms with van der Waals surface area (Å²) in [6, 6.07) is 9.13. The van der Waals surface area contributed by atoms with Crippen LogP contribution in [0, 0.1) is 5.92 Å². The van der Waals surface area contributed by atoms with Gasteiger partial charge in [0.2, 0.25) is 17.6 Å². The number of hydrogen-bond donors (Lipinski definition) is 2. The van der Waals surface area contributed by atoms with Crippen LogP contribution in [-0.4, -0.2) is 28.6 Å². The molecule has 0 fully saturated rings. The number of carbonyl (C=O) groups is 1. The lowest BCUT2D eigenvalue weighted by atomic mass is 9.99. The lowest BCUT2D eigenvalue weighted by molar-refractivity contribution is -0.123. The summed E-state index contributed by atoms with van der Waals surface area (Å²) >= 11 is 0. The Kier molecular flexibility index (Phi) is 7.88. The molecule has 7 heteroatoms. The summed E-state index contributed by atoms with van der Waals surface area (Å²) < 4.78 is 5.30. The van der Waals surface area contributed by atoms with Crippen LogP contribution >= 0.6 is 12.4 Å². The first-order valence-electron chi connectivity index (χ1n) is 7.95. The topological polar surface area (TPSA) is 94.0 Å². The molecule has 24 heavy (non-hydrogen) atoms. The van der Waals surface area contributed by atoms with Crippen LogP contribution in [0.3, 0.4) is 0 Å². The molecular weight excluding hydrogens is 328 g/mol. The van der Waals surface area contributed by atoms with Gasteiger partial charge >= 0.3 is 0 Å². The van der Waals surface area contributed by atoms with Crippen molar-refractivity contribution in [2.75, 3.05) is 6.54 Å². The number of aromatic nitrogens is 2. The maximum atomic E-state index is 12.0. The molecule has 1 aromatic carbocycles. The molecule has 1 heterocycles. The van der Waals surface area contributed by atoms with Crippen molar-refractivity contribution >= 4 is 18.3 Å². The van der Waals surface area contributed by atoms with Gasteiger partial charge < -0.3 is 15.6 Å². The number of amides is 1. The molecule has 0 spiro atoms. The number of rotatable bonds is 7. The molecular formula is C17H25ClN4O2. The molecule has 1 amide bonds. The summed E-state index contributed by atoms with van der Waals surface area (Å²) in [6.07, 6.45) is 0.869. The molecule has 3 unspecified atom stereocenters. The van der Waals surface area contributed by atoms with E-state index in [1.807, 2.05) is 51.1 Å². The van der Waals surface area contributed by atoms with Gasteiger partial charge in [0.15, 0.2) is 0 Å². The van der Waals surface area contributed by atoms with E-state index >= 15 is 0 Å². The van der Waals surface area contributed by atoms with Crippen molar-refractivity contribution in [3.05, 3.63) is 36.2 Å². The van der Waals surface area contributed by atoms with Gasteiger partial charge in [0.25, 0.3) is 0 Å². The van der Waals surface area contributed by atoms with Crippen molar-refractivity contribution in [3.8, 4) is 11.4 Å². The zero-order chi connectivity index (χ0) is 16.8. The molecule has 0 aliphatic heterocycles. The third-order valence-corrected chi connectivity index (χ3v) is 4.04. The second kappa shape index (κ2) is 9.39. The fourth-order valence-electron chi connectivity index (χ4n) is 2.11. The van der Waals surface area contributed by atoms with Crippen LogP contribution in [0.1, 0.15) is 39.0 Å². The molecule has 0 saturated carbocycles. The van der Waals surface area contributed by atoms with Crippen molar-refractivity contribution in [2.24, 2.45) is 11.7 Å². The SMILES string of the molecule is CCC(C)C(N)C(=O)NCC(C)c1nc(-c2ccccc2)no1.Cl. The average molecular weight is 353 g/mol. The standard InChI is InChI=1S/C17H24N4O2.ClH/c1-4-11(2)14(18)16(22)19-10-12(3)17-20-15(21-23-17)13-8-6-5-7-9-13;/h5-9,11-12,14H,4,10,18H2,1-3H3,(H,19,22);1H. The summed E-state index contributed by atoms with van der Waals surface area (Å²) in [4.78, 5) is 16.4. The van der Waals surface area contributed by atoms with Crippen molar-refractivity contribution in [1.82, 2.24) is 15.5 Å². The predicted octanol–water partition coefficient (Wildman–Crippen LogP) is 2.75. The first-order chi connectivity index (χ1) is 11.0. The Balaban J connectivity index is 0.00000288. The van der Waals surface area contributed by atoms with Gasteiger partial charge in [0.1, 0.15) is 0 Å². The Morgan fingerprint density at radius 3 is 2.58 bits per heavy atom. The van der Waals surface area contributed by atoms with Crippen LogP contribution in [-0.2, 0) is 4.79 Å². The zero-order valence-corrected chi connectivity index (χ0v) is 15.0. The van der Waals surface area contributed by atoms with Crippen molar-refractivity contribution in [2.45, 2.75) is 39.2 Å². The summed E-state index contributed by atoms with van der Waals surface area (Å²) in [7, 11) is 0. The van der Waals surface area contributed by atoms with Crippen molar-refractivity contribution < 1.29 is 9.32 Å². The van der Waals surface area contributed by atoms with Crippen LogP contribution in [0.5, 0.6) is 0 Å². The predicted molar refractivity (Wildman–Crippen MR) is 95.8 cm³/mol. The molecule has 2 aromatic rings. The maximum absolute atomic E-state index is 12.0. The molecule has 3 N–H and O–H groups in total. The van der Waals surface area contributed by atoms with Gasteiger partial charge in [-0.2, -0.15) is 4.98 Å². The molecule has 0 radical (unpaired) electrons. The second-order valence-corrected chi connectivity index (χ2v) is 5.88. The number of benzene rings is 1. The van der Waals surface area contributed by atoms with E-state index in [-0.39, 0.29) is 30.2 Å². The Morgan fingerprint density at radius 1 is 1.29 bits per heavy atom. The first kappa shape index (κ1) is 20.1. The summed E-state index contributed by atoms with van der Waals surface area (Å²) in [6.45, 7) is 6.33. The molecule has 3 atom stereocenters. The lowest BCUT2D eigenvalue weighted by Crippen LogP contribution is -2.45. The Hall–Kier alpha value is -1.92. The lowest BCUT2D eigenvalue weighted by Gasteiger charge is -2.18. The number of hydrogen-bond acceptors (Lipinski definition) is 5. The van der Waals surface area contributed by atoms with Crippen LogP contribution in [0.25, 0.3) is 11.4 Å². The zero-order valence-electron chi connectivity index (χ0n) is 14.2. The fraction of sp³-hybridized carbons (Fsp3) is 0.471. The van der Waals surface area contributed by atoms with Crippen LogP contribution in [0.4, 0.5) is 0 Å². The highest BCUT2D eigenvalue weighted by molar-refractivity contribution is 5.85. The van der Waals surface area contributed by atoms with E-state index in [1.165, 1.54) is 0 Å². The van der Waals surface area contributed by atoms with E-state index in [2.05, 4.69) is 15.5 Å². The normalized spacial score (nSPS) is 14.3. The van der Waals surface area contributed by atoms with E-state index in [9.17, 15) is 4.79 Å². The van der Waals surface area contributed by atoms with Gasteiger partial charge in [-0.05, 0) is 5.92 Å². The molecule has 0 aliphatic rings. The number of carbonyl (C=O) groups excluding carboxylic acids is 1. The minimum atomic E-state index is -0.491. The quantitative estimate of drug-likeness (QED) is 0.799. The summed E-state index contributed by atoms with van der Waals surface area (Å²) in [5.41, 5.74) is 6.81. The summed E-state index contributed by atoms with van der Waals surface area (Å²) in [5, 5.41) is 6.84. The highest BCUT2D eigenvalue weighted by Gasteiger charge is 2.21. The Labute approximate surface area is 148 Å². The highest BCUT2D eigenvalue weighted by Crippen LogP contribution is 2.19. The van der Waals surface area contributed by atoms with Gasteiger partial charge in [-0.15, -0.1) is 12.4 Å². The van der Waals surface area contributed by atoms with Gasteiger partial charge in [0.05, 0.1) is 12.0 Å². The van der Waals surface area contributed by atoms with Crippen LogP contribution in [0.15, 0.2) is 34.9 Å². The fourth-order valence-corrected chi connectivity index (χ4v) is 2.11. The van der Waals surface area contributed by atoms with Crippen LogP contribution < -0.4 is 11.1 Å². The molecule has 1 aromatic heterocycles. The van der Waals surface area contributed by atoms with Gasteiger partial charge in [-0.1, -0.05) is 62.7 Å². The highest BCUT2D eigenvalue weighted by atomic mass is 35.5. The minimum absolute atomic E-state index is 0. The molecule has 0 aliphatic carbocycles. The molecule has 0 bridgehead atoms. The van der Waals surface area contributed by atoms with E-state index in [1.54, 1.807) is 0 Å². The smallest absolute Gasteiger partial charge is 0.237 e.